The van der Waals surface area contributed by atoms with Crippen molar-refractivity contribution in [2.75, 3.05) is 24.8 Å². The summed E-state index contributed by atoms with van der Waals surface area (Å²) in [6.45, 7) is 2.52. The second-order valence-electron chi connectivity index (χ2n) is 6.23. The van der Waals surface area contributed by atoms with Gasteiger partial charge in [0.2, 0.25) is 5.91 Å². The molecular formula is C21H22N4O4S. The lowest BCUT2D eigenvalue weighted by Gasteiger charge is -2.07. The van der Waals surface area contributed by atoms with Crippen LogP contribution in [0.1, 0.15) is 18.2 Å². The smallest absolute Gasteiger partial charge is 0.273 e. The molecule has 0 spiro atoms. The number of thioether (sulfide) groups is 1. The summed E-state index contributed by atoms with van der Waals surface area (Å²) in [5.41, 5.74) is 1.54. The number of anilines is 1. The number of carbonyl (C=O) groups is 1. The predicted octanol–water partition coefficient (Wildman–Crippen LogP) is 2.89. The molecular weight excluding hydrogens is 404 g/mol. The Morgan fingerprint density at radius 1 is 1.13 bits per heavy atom. The van der Waals surface area contributed by atoms with Crippen molar-refractivity contribution in [2.45, 2.75) is 18.5 Å². The van der Waals surface area contributed by atoms with Crippen LogP contribution in [0.5, 0.6) is 11.5 Å². The number of carbonyl (C=O) groups excluding carboxylic acids is 1. The molecule has 30 heavy (non-hydrogen) atoms. The van der Waals surface area contributed by atoms with E-state index in [1.807, 2.05) is 31.2 Å². The number of aromatic amines is 1. The molecule has 0 aliphatic carbocycles. The first-order chi connectivity index (χ1) is 14.6. The van der Waals surface area contributed by atoms with Crippen LogP contribution in [0.2, 0.25) is 0 Å². The highest BCUT2D eigenvalue weighted by molar-refractivity contribution is 7.99. The maximum atomic E-state index is 12.3. The van der Waals surface area contributed by atoms with Crippen molar-refractivity contribution in [2.24, 2.45) is 0 Å². The molecule has 2 N–H and O–H groups in total. The van der Waals surface area contributed by atoms with Crippen LogP contribution in [0, 0.1) is 0 Å². The summed E-state index contributed by atoms with van der Waals surface area (Å²) >= 11 is 1.11. The average molecular weight is 426 g/mol. The highest BCUT2D eigenvalue weighted by Crippen LogP contribution is 2.18. The molecule has 2 aromatic carbocycles. The summed E-state index contributed by atoms with van der Waals surface area (Å²) in [6.07, 6.45) is 0.357. The Morgan fingerprint density at radius 3 is 2.63 bits per heavy atom. The van der Waals surface area contributed by atoms with E-state index in [9.17, 15) is 9.59 Å². The summed E-state index contributed by atoms with van der Waals surface area (Å²) in [5.74, 6) is 1.29. The van der Waals surface area contributed by atoms with Gasteiger partial charge in [0.05, 0.1) is 19.5 Å². The number of ether oxygens (including phenoxy) is 2. The van der Waals surface area contributed by atoms with Crippen molar-refractivity contribution in [3.8, 4) is 11.5 Å². The fourth-order valence-corrected chi connectivity index (χ4v) is 3.22. The molecule has 1 aromatic heterocycles. The number of benzene rings is 2. The molecule has 0 saturated heterocycles. The van der Waals surface area contributed by atoms with Crippen LogP contribution < -0.4 is 20.3 Å². The van der Waals surface area contributed by atoms with E-state index in [4.69, 9.17) is 9.47 Å². The molecule has 0 aliphatic heterocycles. The summed E-state index contributed by atoms with van der Waals surface area (Å²) < 4.78 is 10.5. The Morgan fingerprint density at radius 2 is 1.93 bits per heavy atom. The summed E-state index contributed by atoms with van der Waals surface area (Å²) in [7, 11) is 1.56. The third-order valence-electron chi connectivity index (χ3n) is 4.04. The number of amides is 1. The molecule has 1 amide bonds. The van der Waals surface area contributed by atoms with Crippen LogP contribution >= 0.6 is 11.8 Å². The van der Waals surface area contributed by atoms with Crippen molar-refractivity contribution in [1.29, 1.82) is 0 Å². The van der Waals surface area contributed by atoms with Crippen molar-refractivity contribution in [1.82, 2.24) is 15.2 Å². The molecule has 0 radical (unpaired) electrons. The lowest BCUT2D eigenvalue weighted by molar-refractivity contribution is -0.113. The van der Waals surface area contributed by atoms with Crippen LogP contribution in [-0.4, -0.2) is 40.6 Å². The van der Waals surface area contributed by atoms with Crippen molar-refractivity contribution in [3.05, 3.63) is 70.1 Å². The van der Waals surface area contributed by atoms with E-state index in [1.54, 1.807) is 31.4 Å². The van der Waals surface area contributed by atoms with Gasteiger partial charge in [0, 0.05) is 18.2 Å². The van der Waals surface area contributed by atoms with E-state index in [1.165, 1.54) is 0 Å². The van der Waals surface area contributed by atoms with Gasteiger partial charge < -0.3 is 14.8 Å². The van der Waals surface area contributed by atoms with Gasteiger partial charge in [-0.1, -0.05) is 30.0 Å². The van der Waals surface area contributed by atoms with Gasteiger partial charge in [0.15, 0.2) is 5.16 Å². The first kappa shape index (κ1) is 21.4. The molecule has 0 atom stereocenters. The molecule has 0 saturated carbocycles. The van der Waals surface area contributed by atoms with E-state index in [0.29, 0.717) is 30.2 Å². The molecule has 9 heteroatoms. The summed E-state index contributed by atoms with van der Waals surface area (Å²) in [6, 6.07) is 14.5. The number of rotatable bonds is 9. The van der Waals surface area contributed by atoms with Crippen LogP contribution in [0.25, 0.3) is 0 Å². The fraction of sp³-hybridized carbons (Fsp3) is 0.238. The average Bonchev–Trinajstić information content (AvgIpc) is 2.75. The molecule has 1 heterocycles. The van der Waals surface area contributed by atoms with Crippen molar-refractivity contribution < 1.29 is 14.3 Å². The second-order valence-corrected chi connectivity index (χ2v) is 7.19. The van der Waals surface area contributed by atoms with Crippen LogP contribution in [0.15, 0.2) is 58.5 Å². The number of aromatic nitrogens is 3. The largest absolute Gasteiger partial charge is 0.497 e. The monoisotopic (exact) mass is 426 g/mol. The first-order valence-corrected chi connectivity index (χ1v) is 10.3. The van der Waals surface area contributed by atoms with Gasteiger partial charge in [0.1, 0.15) is 17.2 Å². The minimum absolute atomic E-state index is 0.0834. The number of nitrogens with one attached hydrogen (secondary N) is 2. The first-order valence-electron chi connectivity index (χ1n) is 9.31. The van der Waals surface area contributed by atoms with Gasteiger partial charge in [-0.05, 0) is 36.8 Å². The Bertz CT molecular complexity index is 1050. The highest BCUT2D eigenvalue weighted by Gasteiger charge is 2.10. The Balaban J connectivity index is 1.55. The quantitative estimate of drug-likeness (QED) is 0.507. The zero-order valence-corrected chi connectivity index (χ0v) is 17.5. The van der Waals surface area contributed by atoms with E-state index < -0.39 is 0 Å². The SMILES string of the molecule is CCOc1ccc(Cc2nnc(SCC(=O)Nc3cccc(OC)c3)[nH]c2=O)cc1. The van der Waals surface area contributed by atoms with Crippen LogP contribution in [-0.2, 0) is 11.2 Å². The third-order valence-corrected chi connectivity index (χ3v) is 4.91. The normalized spacial score (nSPS) is 10.5. The van der Waals surface area contributed by atoms with Gasteiger partial charge in [-0.3, -0.25) is 14.6 Å². The lowest BCUT2D eigenvalue weighted by atomic mass is 10.1. The Labute approximate surface area is 178 Å². The molecule has 156 valence electrons. The van der Waals surface area contributed by atoms with Gasteiger partial charge in [-0.25, -0.2) is 0 Å². The van der Waals surface area contributed by atoms with E-state index in [0.717, 1.165) is 23.1 Å². The van der Waals surface area contributed by atoms with E-state index in [2.05, 4.69) is 20.5 Å². The zero-order chi connectivity index (χ0) is 21.3. The second kappa shape index (κ2) is 10.4. The lowest BCUT2D eigenvalue weighted by Crippen LogP contribution is -2.19. The summed E-state index contributed by atoms with van der Waals surface area (Å²) in [5, 5.41) is 11.1. The van der Waals surface area contributed by atoms with Crippen molar-refractivity contribution in [3.63, 3.8) is 0 Å². The van der Waals surface area contributed by atoms with Crippen molar-refractivity contribution >= 4 is 23.4 Å². The molecule has 8 nitrogen and oxygen atoms in total. The van der Waals surface area contributed by atoms with Gasteiger partial charge in [-0.15, -0.1) is 10.2 Å². The van der Waals surface area contributed by atoms with E-state index >= 15 is 0 Å². The maximum Gasteiger partial charge on any atom is 0.273 e. The van der Waals surface area contributed by atoms with Gasteiger partial charge >= 0.3 is 0 Å². The number of nitrogens with zero attached hydrogens (tertiary/aromatic N) is 2. The topological polar surface area (TPSA) is 106 Å². The van der Waals surface area contributed by atoms with Gasteiger partial charge in [-0.2, -0.15) is 0 Å². The molecule has 0 fully saturated rings. The maximum absolute atomic E-state index is 12.3. The predicted molar refractivity (Wildman–Crippen MR) is 115 cm³/mol. The number of H-pyrrole nitrogens is 1. The Kier molecular flexibility index (Phi) is 7.45. The highest BCUT2D eigenvalue weighted by atomic mass is 32.2. The number of hydrogen-bond acceptors (Lipinski definition) is 7. The Hall–Kier alpha value is -3.33. The minimum atomic E-state index is -0.324. The standard InChI is InChI=1S/C21H22N4O4S/c1-3-29-16-9-7-14(8-10-16)11-18-20(27)23-21(25-24-18)30-13-19(26)22-15-5-4-6-17(12-15)28-2/h4-10,12H,3,11,13H2,1-2H3,(H,22,26)(H,23,25,27). The summed E-state index contributed by atoms with van der Waals surface area (Å²) in [4.78, 5) is 27.1. The fourth-order valence-electron chi connectivity index (χ4n) is 2.62. The van der Waals surface area contributed by atoms with Gasteiger partial charge in [0.25, 0.3) is 5.56 Å². The number of methoxy groups -OCH3 is 1. The minimum Gasteiger partial charge on any atom is -0.497 e. The molecule has 0 aliphatic rings. The number of hydrogen-bond donors (Lipinski definition) is 2. The van der Waals surface area contributed by atoms with Crippen LogP contribution in [0.4, 0.5) is 5.69 Å². The third kappa shape index (κ3) is 6.08. The molecule has 3 aromatic rings. The molecule has 0 bridgehead atoms. The van der Waals surface area contributed by atoms with Crippen LogP contribution in [0.3, 0.4) is 0 Å². The zero-order valence-electron chi connectivity index (χ0n) is 16.7. The molecule has 3 rings (SSSR count). The molecule has 0 unspecified atom stereocenters. The van der Waals surface area contributed by atoms with E-state index in [-0.39, 0.29) is 22.4 Å².